The third-order valence-corrected chi connectivity index (χ3v) is 2.60. The molecule has 1 aromatic carbocycles. The topological polar surface area (TPSA) is 38.7 Å². The van der Waals surface area contributed by atoms with Crippen LogP contribution in [0.25, 0.3) is 0 Å². The second kappa shape index (κ2) is 3.67. The molecule has 14 heavy (non-hydrogen) atoms. The zero-order valence-electron chi connectivity index (χ0n) is 7.84. The molecule has 1 heterocycles. The molecular weight excluding hydrogens is 204 g/mol. The van der Waals surface area contributed by atoms with Crippen LogP contribution >= 0.6 is 11.6 Å². The lowest BCUT2D eigenvalue weighted by molar-refractivity contribution is 0.173. The van der Waals surface area contributed by atoms with Gasteiger partial charge in [0.1, 0.15) is 0 Å². The molecule has 0 bridgehead atoms. The Balaban J connectivity index is 2.62. The van der Waals surface area contributed by atoms with E-state index in [1.54, 1.807) is 6.07 Å². The first kappa shape index (κ1) is 9.62. The summed E-state index contributed by atoms with van der Waals surface area (Å²) < 4.78 is 10.6. The van der Waals surface area contributed by atoms with Crippen LogP contribution in [0.15, 0.2) is 6.07 Å². The van der Waals surface area contributed by atoms with Crippen molar-refractivity contribution >= 4 is 11.6 Å². The minimum Gasteiger partial charge on any atom is -0.453 e. The van der Waals surface area contributed by atoms with Gasteiger partial charge < -0.3 is 14.6 Å². The van der Waals surface area contributed by atoms with Gasteiger partial charge in [-0.25, -0.2) is 0 Å². The standard InChI is InChI=1S/C10H11ClO3/c1-2-7-6(4-12)3-8(11)10-9(7)13-5-14-10/h3,12H,2,4-5H2,1H3. The summed E-state index contributed by atoms with van der Waals surface area (Å²) in [6, 6.07) is 1.73. The van der Waals surface area contributed by atoms with E-state index in [9.17, 15) is 0 Å². The average molecular weight is 215 g/mol. The van der Waals surface area contributed by atoms with Crippen LogP contribution in [0.4, 0.5) is 0 Å². The molecule has 3 nitrogen and oxygen atoms in total. The molecule has 0 saturated heterocycles. The number of hydrogen-bond acceptors (Lipinski definition) is 3. The van der Waals surface area contributed by atoms with Gasteiger partial charge in [-0.2, -0.15) is 0 Å². The van der Waals surface area contributed by atoms with Gasteiger partial charge in [0, 0.05) is 5.56 Å². The molecule has 0 aliphatic carbocycles. The summed E-state index contributed by atoms with van der Waals surface area (Å²) in [7, 11) is 0. The van der Waals surface area contributed by atoms with Crippen molar-refractivity contribution in [3.8, 4) is 11.5 Å². The third kappa shape index (κ3) is 1.33. The van der Waals surface area contributed by atoms with Crippen molar-refractivity contribution < 1.29 is 14.6 Å². The van der Waals surface area contributed by atoms with Crippen molar-refractivity contribution in [3.05, 3.63) is 22.2 Å². The molecule has 2 rings (SSSR count). The number of hydrogen-bond donors (Lipinski definition) is 1. The molecule has 0 radical (unpaired) electrons. The highest BCUT2D eigenvalue weighted by molar-refractivity contribution is 6.32. The zero-order valence-corrected chi connectivity index (χ0v) is 8.60. The molecule has 4 heteroatoms. The number of ether oxygens (including phenoxy) is 2. The monoisotopic (exact) mass is 214 g/mol. The largest absolute Gasteiger partial charge is 0.453 e. The van der Waals surface area contributed by atoms with Crippen LogP contribution in [0.2, 0.25) is 5.02 Å². The molecule has 0 amide bonds. The maximum absolute atomic E-state index is 9.15. The predicted octanol–water partition coefficient (Wildman–Crippen LogP) is 2.12. The van der Waals surface area contributed by atoms with Crippen LogP contribution in [0.3, 0.4) is 0 Å². The quantitative estimate of drug-likeness (QED) is 0.820. The summed E-state index contributed by atoms with van der Waals surface area (Å²) >= 11 is 5.97. The maximum Gasteiger partial charge on any atom is 0.231 e. The van der Waals surface area contributed by atoms with Gasteiger partial charge >= 0.3 is 0 Å². The Kier molecular flexibility index (Phi) is 2.52. The number of aliphatic hydroxyl groups excluding tert-OH is 1. The van der Waals surface area contributed by atoms with Gasteiger partial charge in [0.15, 0.2) is 11.5 Å². The van der Waals surface area contributed by atoms with Crippen LogP contribution in [-0.2, 0) is 13.0 Å². The Morgan fingerprint density at radius 1 is 1.43 bits per heavy atom. The lowest BCUT2D eigenvalue weighted by atomic mass is 10.0. The van der Waals surface area contributed by atoms with Crippen molar-refractivity contribution in [2.24, 2.45) is 0 Å². The highest BCUT2D eigenvalue weighted by Crippen LogP contribution is 2.43. The summed E-state index contributed by atoms with van der Waals surface area (Å²) in [6.07, 6.45) is 0.790. The molecule has 0 aromatic heterocycles. The minimum absolute atomic E-state index is 0.0282. The van der Waals surface area contributed by atoms with Gasteiger partial charge in [-0.15, -0.1) is 0 Å². The van der Waals surface area contributed by atoms with E-state index in [4.69, 9.17) is 26.2 Å². The normalized spacial score (nSPS) is 13.4. The molecular formula is C10H11ClO3. The molecule has 0 spiro atoms. The molecule has 0 fully saturated rings. The van der Waals surface area contributed by atoms with Gasteiger partial charge in [-0.1, -0.05) is 18.5 Å². The lowest BCUT2D eigenvalue weighted by Gasteiger charge is -2.09. The molecule has 1 N–H and O–H groups in total. The first-order valence-corrected chi connectivity index (χ1v) is 4.86. The van der Waals surface area contributed by atoms with E-state index in [1.165, 1.54) is 0 Å². The van der Waals surface area contributed by atoms with Crippen molar-refractivity contribution in [1.82, 2.24) is 0 Å². The van der Waals surface area contributed by atoms with Crippen LogP contribution in [0.5, 0.6) is 11.5 Å². The van der Waals surface area contributed by atoms with Gasteiger partial charge in [0.25, 0.3) is 0 Å². The summed E-state index contributed by atoms with van der Waals surface area (Å²) in [5.74, 6) is 1.28. The van der Waals surface area contributed by atoms with Crippen molar-refractivity contribution in [2.45, 2.75) is 20.0 Å². The van der Waals surface area contributed by atoms with Crippen LogP contribution < -0.4 is 9.47 Å². The fraction of sp³-hybridized carbons (Fsp3) is 0.400. The lowest BCUT2D eigenvalue weighted by Crippen LogP contribution is -1.96. The number of halogens is 1. The fourth-order valence-electron chi connectivity index (χ4n) is 1.66. The average Bonchev–Trinajstić information content (AvgIpc) is 2.66. The number of fused-ring (bicyclic) bond motifs is 1. The smallest absolute Gasteiger partial charge is 0.231 e. The van der Waals surface area contributed by atoms with Gasteiger partial charge in [0.05, 0.1) is 11.6 Å². The zero-order chi connectivity index (χ0) is 10.1. The minimum atomic E-state index is -0.0282. The first-order valence-electron chi connectivity index (χ1n) is 4.48. The van der Waals surface area contributed by atoms with E-state index in [0.717, 1.165) is 17.5 Å². The number of rotatable bonds is 2. The summed E-state index contributed by atoms with van der Waals surface area (Å²) in [4.78, 5) is 0. The highest BCUT2D eigenvalue weighted by Gasteiger charge is 2.23. The van der Waals surface area contributed by atoms with E-state index in [2.05, 4.69) is 0 Å². The van der Waals surface area contributed by atoms with Crippen molar-refractivity contribution in [3.63, 3.8) is 0 Å². The summed E-state index contributed by atoms with van der Waals surface area (Å²) in [5.41, 5.74) is 1.78. The Labute approximate surface area is 87.2 Å². The molecule has 1 aliphatic heterocycles. The van der Waals surface area contributed by atoms with E-state index < -0.39 is 0 Å². The number of aliphatic hydroxyl groups is 1. The van der Waals surface area contributed by atoms with E-state index in [-0.39, 0.29) is 13.4 Å². The van der Waals surface area contributed by atoms with Gasteiger partial charge in [-0.3, -0.25) is 0 Å². The van der Waals surface area contributed by atoms with Gasteiger partial charge in [0.2, 0.25) is 6.79 Å². The van der Waals surface area contributed by atoms with Crippen LogP contribution in [0.1, 0.15) is 18.1 Å². The third-order valence-electron chi connectivity index (χ3n) is 2.32. The van der Waals surface area contributed by atoms with E-state index in [1.807, 2.05) is 6.92 Å². The summed E-state index contributed by atoms with van der Waals surface area (Å²) in [5, 5.41) is 9.65. The van der Waals surface area contributed by atoms with Crippen LogP contribution in [-0.4, -0.2) is 11.9 Å². The Morgan fingerprint density at radius 3 is 2.79 bits per heavy atom. The maximum atomic E-state index is 9.15. The Hall–Kier alpha value is -0.930. The SMILES string of the molecule is CCc1c(CO)cc(Cl)c2c1OCO2. The van der Waals surface area contributed by atoms with Gasteiger partial charge in [-0.05, 0) is 18.1 Å². The molecule has 0 unspecified atom stereocenters. The number of benzene rings is 1. The molecule has 0 saturated carbocycles. The van der Waals surface area contributed by atoms with Crippen molar-refractivity contribution in [1.29, 1.82) is 0 Å². The second-order valence-corrected chi connectivity index (χ2v) is 3.48. The predicted molar refractivity (Wildman–Crippen MR) is 52.9 cm³/mol. The van der Waals surface area contributed by atoms with Crippen LogP contribution in [0, 0.1) is 0 Å². The molecule has 1 aliphatic rings. The van der Waals surface area contributed by atoms with E-state index >= 15 is 0 Å². The molecule has 1 aromatic rings. The summed E-state index contributed by atoms with van der Waals surface area (Å²) in [6.45, 7) is 2.18. The highest BCUT2D eigenvalue weighted by atomic mass is 35.5. The molecule has 0 atom stereocenters. The van der Waals surface area contributed by atoms with E-state index in [0.29, 0.717) is 16.5 Å². The molecule has 76 valence electrons. The van der Waals surface area contributed by atoms with Crippen molar-refractivity contribution in [2.75, 3.05) is 6.79 Å². The first-order chi connectivity index (χ1) is 6.77. The second-order valence-electron chi connectivity index (χ2n) is 3.07. The fourth-order valence-corrected chi connectivity index (χ4v) is 1.93. The Bertz CT molecular complexity index is 363. The Morgan fingerprint density at radius 2 is 2.14 bits per heavy atom.